The van der Waals surface area contributed by atoms with Crippen molar-refractivity contribution in [2.24, 2.45) is 0 Å². The summed E-state index contributed by atoms with van der Waals surface area (Å²) in [4.78, 5) is 12.3. The summed E-state index contributed by atoms with van der Waals surface area (Å²) in [6.45, 7) is 1.39. The maximum Gasteiger partial charge on any atom is 0.324 e. The van der Waals surface area contributed by atoms with Gasteiger partial charge in [-0.05, 0) is 23.3 Å². The first-order valence-corrected chi connectivity index (χ1v) is 7.13. The Bertz CT molecular complexity index is 578. The Balaban J connectivity index is 1.84. The number of benzene rings is 1. The van der Waals surface area contributed by atoms with Crippen LogP contribution in [-0.2, 0) is 13.1 Å². The Morgan fingerprint density at radius 3 is 2.40 bits per heavy atom. The van der Waals surface area contributed by atoms with E-state index in [1.54, 1.807) is 6.07 Å². The molecule has 0 radical (unpaired) electrons. The second-order valence-electron chi connectivity index (χ2n) is 4.71. The quantitative estimate of drug-likeness (QED) is 0.656. The molecule has 20 heavy (non-hydrogen) atoms. The van der Waals surface area contributed by atoms with Crippen molar-refractivity contribution in [3.8, 4) is 0 Å². The van der Waals surface area contributed by atoms with Crippen LogP contribution >= 0.6 is 11.3 Å². The second kappa shape index (κ2) is 6.49. The maximum absolute atomic E-state index is 10.6. The van der Waals surface area contributed by atoms with Gasteiger partial charge < -0.3 is 10.2 Å². The van der Waals surface area contributed by atoms with Gasteiger partial charge in [-0.15, -0.1) is 0 Å². The van der Waals surface area contributed by atoms with Crippen LogP contribution in [0.4, 0.5) is 10.7 Å². The van der Waals surface area contributed by atoms with Crippen LogP contribution in [0.15, 0.2) is 35.7 Å². The molecule has 1 aromatic heterocycles. The zero-order valence-electron chi connectivity index (χ0n) is 11.5. The predicted molar refractivity (Wildman–Crippen MR) is 82.3 cm³/mol. The van der Waals surface area contributed by atoms with Crippen molar-refractivity contribution in [1.82, 2.24) is 5.32 Å². The van der Waals surface area contributed by atoms with Gasteiger partial charge in [-0.2, -0.15) is 0 Å². The molecule has 0 saturated carbocycles. The summed E-state index contributed by atoms with van der Waals surface area (Å²) < 4.78 is 0. The van der Waals surface area contributed by atoms with Crippen molar-refractivity contribution in [2.75, 3.05) is 19.0 Å². The summed E-state index contributed by atoms with van der Waals surface area (Å²) in [6.07, 6.45) is 0. The number of nitrogens with one attached hydrogen (secondary N) is 1. The minimum atomic E-state index is -0.353. The zero-order valence-corrected chi connectivity index (χ0v) is 12.3. The lowest BCUT2D eigenvalue weighted by Crippen LogP contribution is -2.12. The predicted octanol–water partition coefficient (Wildman–Crippen LogP) is 3.01. The van der Waals surface area contributed by atoms with Gasteiger partial charge in [-0.25, -0.2) is 0 Å². The molecule has 5 nitrogen and oxygen atoms in total. The number of hydrogen-bond donors (Lipinski definition) is 1. The number of anilines is 1. The standard InChI is InChI=1S/C14H17N3O2S/c1-16(2)13-5-3-11(4-6-13)8-15-9-12-7-14(17(18)19)20-10-12/h3-7,10,15H,8-9H2,1-2H3. The van der Waals surface area contributed by atoms with E-state index in [-0.39, 0.29) is 9.92 Å². The first kappa shape index (κ1) is 14.5. The fraction of sp³-hybridized carbons (Fsp3) is 0.286. The topological polar surface area (TPSA) is 58.4 Å². The van der Waals surface area contributed by atoms with Crippen molar-refractivity contribution in [3.63, 3.8) is 0 Å². The third-order valence-electron chi connectivity index (χ3n) is 2.93. The third kappa shape index (κ3) is 3.79. The van der Waals surface area contributed by atoms with Gasteiger partial charge in [0.2, 0.25) is 0 Å². The van der Waals surface area contributed by atoms with Crippen LogP contribution < -0.4 is 10.2 Å². The lowest BCUT2D eigenvalue weighted by Gasteiger charge is -2.12. The zero-order chi connectivity index (χ0) is 14.5. The molecule has 0 aliphatic heterocycles. The molecule has 2 aromatic rings. The summed E-state index contributed by atoms with van der Waals surface area (Å²) >= 11 is 1.16. The molecule has 0 unspecified atom stereocenters. The van der Waals surface area contributed by atoms with E-state index in [4.69, 9.17) is 0 Å². The Morgan fingerprint density at radius 2 is 1.85 bits per heavy atom. The Labute approximate surface area is 122 Å². The summed E-state index contributed by atoms with van der Waals surface area (Å²) in [5.74, 6) is 0. The largest absolute Gasteiger partial charge is 0.378 e. The molecule has 1 N–H and O–H groups in total. The molecule has 0 aliphatic carbocycles. The molecule has 106 valence electrons. The first-order valence-electron chi connectivity index (χ1n) is 6.25. The molecule has 0 aliphatic rings. The molecule has 0 atom stereocenters. The number of nitrogens with zero attached hydrogens (tertiary/aromatic N) is 2. The smallest absolute Gasteiger partial charge is 0.324 e. The van der Waals surface area contributed by atoms with Gasteiger partial charge in [0.15, 0.2) is 0 Å². The van der Waals surface area contributed by atoms with Gasteiger partial charge in [-0.1, -0.05) is 23.5 Å². The van der Waals surface area contributed by atoms with E-state index in [9.17, 15) is 10.1 Å². The highest BCUT2D eigenvalue weighted by molar-refractivity contribution is 7.13. The van der Waals surface area contributed by atoms with Gasteiger partial charge in [0.25, 0.3) is 0 Å². The molecular formula is C14H17N3O2S. The lowest BCUT2D eigenvalue weighted by molar-refractivity contribution is -0.380. The molecule has 0 saturated heterocycles. The van der Waals surface area contributed by atoms with E-state index in [1.165, 1.54) is 11.3 Å². The van der Waals surface area contributed by atoms with Crippen molar-refractivity contribution in [3.05, 3.63) is 57.0 Å². The van der Waals surface area contributed by atoms with Gasteiger partial charge in [0.05, 0.1) is 4.92 Å². The molecule has 0 amide bonds. The van der Waals surface area contributed by atoms with Crippen LogP contribution in [0.3, 0.4) is 0 Å². The minimum absolute atomic E-state index is 0.192. The van der Waals surface area contributed by atoms with E-state index >= 15 is 0 Å². The fourth-order valence-electron chi connectivity index (χ4n) is 1.81. The molecular weight excluding hydrogens is 274 g/mol. The van der Waals surface area contributed by atoms with Gasteiger partial charge in [0, 0.05) is 44.3 Å². The number of hydrogen-bond acceptors (Lipinski definition) is 5. The molecule has 6 heteroatoms. The minimum Gasteiger partial charge on any atom is -0.378 e. The van der Waals surface area contributed by atoms with Crippen LogP contribution in [0.5, 0.6) is 0 Å². The van der Waals surface area contributed by atoms with Crippen LogP contribution in [0.1, 0.15) is 11.1 Å². The summed E-state index contributed by atoms with van der Waals surface area (Å²) in [7, 11) is 4.02. The van der Waals surface area contributed by atoms with Gasteiger partial charge in [0.1, 0.15) is 0 Å². The average molecular weight is 291 g/mol. The Hall–Kier alpha value is -1.92. The van der Waals surface area contributed by atoms with E-state index in [1.807, 2.05) is 19.5 Å². The number of nitro groups is 1. The molecule has 0 bridgehead atoms. The monoisotopic (exact) mass is 291 g/mol. The van der Waals surface area contributed by atoms with Crippen molar-refractivity contribution in [1.29, 1.82) is 0 Å². The number of thiophene rings is 1. The second-order valence-corrected chi connectivity index (χ2v) is 5.60. The highest BCUT2D eigenvalue weighted by Crippen LogP contribution is 2.22. The molecule has 2 rings (SSSR count). The molecule has 0 fully saturated rings. The van der Waals surface area contributed by atoms with Crippen LogP contribution in [-0.4, -0.2) is 19.0 Å². The summed E-state index contributed by atoms with van der Waals surface area (Å²) in [5.41, 5.74) is 3.31. The highest BCUT2D eigenvalue weighted by Gasteiger charge is 2.08. The van der Waals surface area contributed by atoms with Gasteiger partial charge >= 0.3 is 5.00 Å². The molecule has 1 heterocycles. The van der Waals surface area contributed by atoms with Crippen molar-refractivity contribution in [2.45, 2.75) is 13.1 Å². The van der Waals surface area contributed by atoms with E-state index in [0.29, 0.717) is 6.54 Å². The van der Waals surface area contributed by atoms with Crippen molar-refractivity contribution < 1.29 is 4.92 Å². The van der Waals surface area contributed by atoms with E-state index < -0.39 is 0 Å². The SMILES string of the molecule is CN(C)c1ccc(CNCc2csc([N+](=O)[O-])c2)cc1. The first-order chi connectivity index (χ1) is 9.56. The third-order valence-corrected chi connectivity index (χ3v) is 3.86. The maximum atomic E-state index is 10.6. The van der Waals surface area contributed by atoms with E-state index in [2.05, 4.69) is 34.5 Å². The number of rotatable bonds is 6. The van der Waals surface area contributed by atoms with E-state index in [0.717, 1.165) is 23.4 Å². The average Bonchev–Trinajstić information content (AvgIpc) is 2.88. The van der Waals surface area contributed by atoms with Gasteiger partial charge in [-0.3, -0.25) is 10.1 Å². The molecule has 1 aromatic carbocycles. The summed E-state index contributed by atoms with van der Waals surface area (Å²) in [5, 5.41) is 15.9. The van der Waals surface area contributed by atoms with Crippen LogP contribution in [0, 0.1) is 10.1 Å². The van der Waals surface area contributed by atoms with Crippen molar-refractivity contribution >= 4 is 22.0 Å². The van der Waals surface area contributed by atoms with Crippen LogP contribution in [0.2, 0.25) is 0 Å². The Morgan fingerprint density at radius 1 is 1.20 bits per heavy atom. The normalized spacial score (nSPS) is 10.5. The lowest BCUT2D eigenvalue weighted by atomic mass is 10.2. The van der Waals surface area contributed by atoms with Crippen LogP contribution in [0.25, 0.3) is 0 Å². The fourth-order valence-corrected chi connectivity index (χ4v) is 2.54. The highest BCUT2D eigenvalue weighted by atomic mass is 32.1. The summed E-state index contributed by atoms with van der Waals surface area (Å²) in [6, 6.07) is 9.93. The molecule has 0 spiro atoms. The Kier molecular flexibility index (Phi) is 4.70.